The van der Waals surface area contributed by atoms with Gasteiger partial charge >= 0.3 is 0 Å². The lowest BCUT2D eigenvalue weighted by atomic mass is 10.2. The lowest BCUT2D eigenvalue weighted by Crippen LogP contribution is -2.35. The Hall–Kier alpha value is -0.130. The van der Waals surface area contributed by atoms with Crippen LogP contribution >= 0.6 is 0 Å². The van der Waals surface area contributed by atoms with Gasteiger partial charge in [0.25, 0.3) is 0 Å². The van der Waals surface area contributed by atoms with Gasteiger partial charge in [-0.1, -0.05) is 0 Å². The Morgan fingerprint density at radius 3 is 2.64 bits per heavy atom. The summed E-state index contributed by atoms with van der Waals surface area (Å²) in [5.74, 6) is 0.669. The van der Waals surface area contributed by atoms with Gasteiger partial charge in [-0.25, -0.2) is 8.42 Å². The molecule has 1 heterocycles. The van der Waals surface area contributed by atoms with Crippen LogP contribution in [0.2, 0.25) is 0 Å². The molecular formula is C9H20N2O2S. The van der Waals surface area contributed by atoms with Crippen LogP contribution in [0.1, 0.15) is 19.8 Å². The van der Waals surface area contributed by atoms with Crippen molar-refractivity contribution < 1.29 is 8.42 Å². The van der Waals surface area contributed by atoms with Crippen molar-refractivity contribution in [2.24, 2.45) is 5.73 Å². The second kappa shape index (κ2) is 4.59. The Kier molecular flexibility index (Phi) is 3.92. The summed E-state index contributed by atoms with van der Waals surface area (Å²) < 4.78 is 22.5. The smallest absolute Gasteiger partial charge is 0.151 e. The summed E-state index contributed by atoms with van der Waals surface area (Å²) in [7, 11) is -0.772. The van der Waals surface area contributed by atoms with Crippen LogP contribution in [0.4, 0.5) is 0 Å². The molecule has 5 heteroatoms. The van der Waals surface area contributed by atoms with Crippen molar-refractivity contribution in [1.82, 2.24) is 4.90 Å². The van der Waals surface area contributed by atoms with E-state index in [1.807, 2.05) is 14.0 Å². The third-order valence-electron chi connectivity index (χ3n) is 2.77. The van der Waals surface area contributed by atoms with E-state index in [4.69, 9.17) is 5.73 Å². The lowest BCUT2D eigenvalue weighted by Gasteiger charge is -2.23. The minimum atomic E-state index is -2.75. The Morgan fingerprint density at radius 1 is 1.57 bits per heavy atom. The van der Waals surface area contributed by atoms with Crippen molar-refractivity contribution >= 4 is 9.84 Å². The molecule has 0 radical (unpaired) electrons. The molecule has 1 fully saturated rings. The number of sulfone groups is 1. The molecule has 0 aromatic carbocycles. The average Bonchev–Trinajstić information content (AvgIpc) is 2.41. The normalized spacial score (nSPS) is 28.1. The largest absolute Gasteiger partial charge is 0.328 e. The molecule has 1 rings (SSSR count). The van der Waals surface area contributed by atoms with Crippen LogP contribution < -0.4 is 5.73 Å². The number of hydrogen-bond acceptors (Lipinski definition) is 4. The number of hydrogen-bond donors (Lipinski definition) is 1. The fourth-order valence-electron chi connectivity index (χ4n) is 1.71. The highest BCUT2D eigenvalue weighted by Gasteiger charge is 2.30. The highest BCUT2D eigenvalue weighted by Crippen LogP contribution is 2.16. The quantitative estimate of drug-likeness (QED) is 0.715. The molecule has 4 nitrogen and oxygen atoms in total. The second-order valence-corrected chi connectivity index (χ2v) is 6.53. The first-order valence-corrected chi connectivity index (χ1v) is 6.89. The van der Waals surface area contributed by atoms with Crippen molar-refractivity contribution in [2.75, 3.05) is 25.1 Å². The minimum Gasteiger partial charge on any atom is -0.328 e. The van der Waals surface area contributed by atoms with E-state index in [9.17, 15) is 8.42 Å². The number of nitrogens with zero attached hydrogens (tertiary/aromatic N) is 1. The Bertz CT molecular complexity index is 275. The molecule has 1 aliphatic heterocycles. The van der Waals surface area contributed by atoms with E-state index in [-0.39, 0.29) is 12.1 Å². The van der Waals surface area contributed by atoms with E-state index in [0.717, 1.165) is 19.4 Å². The molecule has 0 amide bonds. The lowest BCUT2D eigenvalue weighted by molar-refractivity contribution is 0.254. The zero-order valence-corrected chi connectivity index (χ0v) is 9.76. The summed E-state index contributed by atoms with van der Waals surface area (Å²) in [6.07, 6.45) is 1.70. The number of nitrogens with two attached hydrogens (primary N) is 1. The summed E-state index contributed by atoms with van der Waals surface area (Å²) in [6.45, 7) is 2.86. The molecule has 1 aliphatic rings. The Morgan fingerprint density at radius 2 is 2.21 bits per heavy atom. The molecule has 0 aromatic rings. The SMILES string of the molecule is CC(N)CCN(C)C1CCS(=O)(=O)C1. The fraction of sp³-hybridized carbons (Fsp3) is 1.00. The van der Waals surface area contributed by atoms with Gasteiger partial charge in [-0.3, -0.25) is 0 Å². The van der Waals surface area contributed by atoms with E-state index >= 15 is 0 Å². The summed E-state index contributed by atoms with van der Waals surface area (Å²) in [5, 5.41) is 0. The topological polar surface area (TPSA) is 63.4 Å². The third-order valence-corrected chi connectivity index (χ3v) is 4.52. The average molecular weight is 220 g/mol. The molecule has 0 bridgehead atoms. The first kappa shape index (κ1) is 11.9. The van der Waals surface area contributed by atoms with Gasteiger partial charge in [-0.15, -0.1) is 0 Å². The Labute approximate surface area is 86.4 Å². The molecule has 14 heavy (non-hydrogen) atoms. The third kappa shape index (κ3) is 3.55. The zero-order valence-electron chi connectivity index (χ0n) is 8.94. The van der Waals surface area contributed by atoms with Crippen LogP contribution in [-0.4, -0.2) is 50.5 Å². The van der Waals surface area contributed by atoms with Gasteiger partial charge in [0.1, 0.15) is 0 Å². The molecule has 0 aromatic heterocycles. The van der Waals surface area contributed by atoms with Gasteiger partial charge < -0.3 is 10.6 Å². The predicted octanol–water partition coefficient (Wildman–Crippen LogP) is -0.157. The van der Waals surface area contributed by atoms with Crippen LogP contribution in [0.5, 0.6) is 0 Å². The standard InChI is InChI=1S/C9H20N2O2S/c1-8(10)3-5-11(2)9-4-6-14(12,13)7-9/h8-9H,3-7,10H2,1-2H3. The first-order chi connectivity index (χ1) is 6.41. The van der Waals surface area contributed by atoms with E-state index in [0.29, 0.717) is 11.5 Å². The van der Waals surface area contributed by atoms with Crippen molar-refractivity contribution in [2.45, 2.75) is 31.8 Å². The van der Waals surface area contributed by atoms with Gasteiger partial charge in [0.15, 0.2) is 9.84 Å². The molecule has 0 spiro atoms. The van der Waals surface area contributed by atoms with Gasteiger partial charge in [0.05, 0.1) is 11.5 Å². The molecule has 84 valence electrons. The van der Waals surface area contributed by atoms with E-state index < -0.39 is 9.84 Å². The monoisotopic (exact) mass is 220 g/mol. The van der Waals surface area contributed by atoms with Crippen LogP contribution in [0.15, 0.2) is 0 Å². The predicted molar refractivity (Wildman–Crippen MR) is 58.0 cm³/mol. The maximum atomic E-state index is 11.2. The Balaban J connectivity index is 2.36. The van der Waals surface area contributed by atoms with Crippen LogP contribution in [0.3, 0.4) is 0 Å². The fourth-order valence-corrected chi connectivity index (χ4v) is 3.52. The molecule has 2 unspecified atom stereocenters. The van der Waals surface area contributed by atoms with Gasteiger partial charge in [0, 0.05) is 12.1 Å². The highest BCUT2D eigenvalue weighted by atomic mass is 32.2. The molecule has 1 saturated heterocycles. The molecular weight excluding hydrogens is 200 g/mol. The summed E-state index contributed by atoms with van der Waals surface area (Å²) >= 11 is 0. The highest BCUT2D eigenvalue weighted by molar-refractivity contribution is 7.91. The van der Waals surface area contributed by atoms with E-state index in [1.165, 1.54) is 0 Å². The van der Waals surface area contributed by atoms with Crippen LogP contribution in [0, 0.1) is 0 Å². The van der Waals surface area contributed by atoms with Gasteiger partial charge in [0.2, 0.25) is 0 Å². The summed E-state index contributed by atoms with van der Waals surface area (Å²) in [6, 6.07) is 0.397. The summed E-state index contributed by atoms with van der Waals surface area (Å²) in [4.78, 5) is 2.12. The van der Waals surface area contributed by atoms with Crippen LogP contribution in [-0.2, 0) is 9.84 Å². The van der Waals surface area contributed by atoms with Gasteiger partial charge in [-0.05, 0) is 33.4 Å². The van der Waals surface area contributed by atoms with Gasteiger partial charge in [-0.2, -0.15) is 0 Å². The maximum Gasteiger partial charge on any atom is 0.151 e. The van der Waals surface area contributed by atoms with Crippen molar-refractivity contribution in [3.05, 3.63) is 0 Å². The maximum absolute atomic E-state index is 11.2. The zero-order chi connectivity index (χ0) is 10.8. The van der Waals surface area contributed by atoms with Crippen molar-refractivity contribution in [3.8, 4) is 0 Å². The van der Waals surface area contributed by atoms with Crippen LogP contribution in [0.25, 0.3) is 0 Å². The van der Waals surface area contributed by atoms with E-state index in [2.05, 4.69) is 4.90 Å². The molecule has 2 N–H and O–H groups in total. The number of rotatable bonds is 4. The molecule has 0 aliphatic carbocycles. The minimum absolute atomic E-state index is 0.190. The van der Waals surface area contributed by atoms with Crippen molar-refractivity contribution in [1.29, 1.82) is 0 Å². The first-order valence-electron chi connectivity index (χ1n) is 5.07. The van der Waals surface area contributed by atoms with Crippen molar-refractivity contribution in [3.63, 3.8) is 0 Å². The summed E-state index contributed by atoms with van der Waals surface area (Å²) in [5.41, 5.74) is 5.65. The molecule has 2 atom stereocenters. The second-order valence-electron chi connectivity index (χ2n) is 4.30. The van der Waals surface area contributed by atoms with E-state index in [1.54, 1.807) is 0 Å². The molecule has 0 saturated carbocycles.